The zero-order chi connectivity index (χ0) is 22.5. The van der Waals surface area contributed by atoms with Gasteiger partial charge in [0.15, 0.2) is 0 Å². The molecule has 2 aliphatic rings. The lowest BCUT2D eigenvalue weighted by molar-refractivity contribution is -0.137. The van der Waals surface area contributed by atoms with E-state index >= 15 is 0 Å². The third-order valence-electron chi connectivity index (χ3n) is 5.89. The fraction of sp³-hybridized carbons (Fsp3) is 0.333. The van der Waals surface area contributed by atoms with Crippen LogP contribution in [-0.4, -0.2) is 49.5 Å². The molecular formula is C21H17F4N5O2. The van der Waals surface area contributed by atoms with Crippen LogP contribution >= 0.6 is 0 Å². The molecule has 3 atom stereocenters. The maximum absolute atomic E-state index is 14.6. The van der Waals surface area contributed by atoms with Crippen molar-refractivity contribution in [1.82, 2.24) is 24.9 Å². The van der Waals surface area contributed by atoms with Crippen molar-refractivity contribution in [2.45, 2.75) is 31.2 Å². The van der Waals surface area contributed by atoms with Gasteiger partial charge in [-0.1, -0.05) is 11.3 Å². The number of aromatic nitrogens is 4. The van der Waals surface area contributed by atoms with E-state index in [2.05, 4.69) is 15.3 Å². The SMILES string of the molecule is O=C(c1cccc(F)c1-n1ccnn1)N1C[C@H]2C[C@@H](Oc3ccc(C(F)(F)F)cn3)[C@@H]1C2. The average Bonchev–Trinajstić information content (AvgIpc) is 3.50. The number of amides is 1. The number of hydrogen-bond acceptors (Lipinski definition) is 5. The maximum Gasteiger partial charge on any atom is 0.417 e. The van der Waals surface area contributed by atoms with Crippen LogP contribution in [0.3, 0.4) is 0 Å². The van der Waals surface area contributed by atoms with E-state index in [4.69, 9.17) is 4.74 Å². The van der Waals surface area contributed by atoms with E-state index in [0.29, 0.717) is 19.4 Å². The molecule has 11 heteroatoms. The topological polar surface area (TPSA) is 73.1 Å². The highest BCUT2D eigenvalue weighted by atomic mass is 19.4. The number of ether oxygens (including phenoxy) is 1. The van der Waals surface area contributed by atoms with Crippen molar-refractivity contribution in [3.63, 3.8) is 0 Å². The Morgan fingerprint density at radius 1 is 1.16 bits per heavy atom. The summed E-state index contributed by atoms with van der Waals surface area (Å²) in [6.45, 7) is 0.497. The number of hydrogen-bond donors (Lipinski definition) is 0. The second kappa shape index (κ2) is 7.57. The molecule has 2 fully saturated rings. The average molecular weight is 447 g/mol. The van der Waals surface area contributed by atoms with E-state index in [-0.39, 0.29) is 35.0 Å². The van der Waals surface area contributed by atoms with Gasteiger partial charge < -0.3 is 9.64 Å². The van der Waals surface area contributed by atoms with Gasteiger partial charge in [-0.15, -0.1) is 5.10 Å². The van der Waals surface area contributed by atoms with Gasteiger partial charge in [-0.25, -0.2) is 14.1 Å². The smallest absolute Gasteiger partial charge is 0.417 e. The highest BCUT2D eigenvalue weighted by Crippen LogP contribution is 2.41. The monoisotopic (exact) mass is 447 g/mol. The van der Waals surface area contributed by atoms with Crippen LogP contribution in [0.1, 0.15) is 28.8 Å². The van der Waals surface area contributed by atoms with Crippen LogP contribution < -0.4 is 4.74 Å². The summed E-state index contributed by atoms with van der Waals surface area (Å²) < 4.78 is 59.9. The number of halogens is 4. The van der Waals surface area contributed by atoms with E-state index in [1.807, 2.05) is 0 Å². The number of likely N-dealkylation sites (tertiary alicyclic amines) is 1. The number of fused-ring (bicyclic) bond motifs is 2. The number of alkyl halides is 3. The molecule has 1 aliphatic carbocycles. The van der Waals surface area contributed by atoms with Crippen LogP contribution in [0.4, 0.5) is 17.6 Å². The van der Waals surface area contributed by atoms with Gasteiger partial charge >= 0.3 is 6.18 Å². The minimum absolute atomic E-state index is 0.0136. The van der Waals surface area contributed by atoms with Crippen molar-refractivity contribution in [2.24, 2.45) is 5.92 Å². The van der Waals surface area contributed by atoms with Gasteiger partial charge in [0.2, 0.25) is 5.88 Å². The number of benzene rings is 1. The van der Waals surface area contributed by atoms with E-state index in [1.54, 1.807) is 4.90 Å². The summed E-state index contributed by atoms with van der Waals surface area (Å²) >= 11 is 0. The van der Waals surface area contributed by atoms with Gasteiger partial charge in [0.1, 0.15) is 17.6 Å². The fourth-order valence-corrected chi connectivity index (χ4v) is 4.50. The molecule has 0 radical (unpaired) electrons. The molecule has 166 valence electrons. The minimum atomic E-state index is -4.48. The molecule has 1 aromatic carbocycles. The van der Waals surface area contributed by atoms with Crippen molar-refractivity contribution in [3.05, 3.63) is 65.9 Å². The lowest BCUT2D eigenvalue weighted by Crippen LogP contribution is -2.47. The molecule has 32 heavy (non-hydrogen) atoms. The van der Waals surface area contributed by atoms with E-state index < -0.39 is 23.7 Å². The van der Waals surface area contributed by atoms with Crippen LogP contribution in [0.2, 0.25) is 0 Å². The second-order valence-corrected chi connectivity index (χ2v) is 7.89. The normalized spacial score (nSPS) is 22.4. The summed E-state index contributed by atoms with van der Waals surface area (Å²) in [5.74, 6) is -0.715. The lowest BCUT2D eigenvalue weighted by atomic mass is 10.1. The van der Waals surface area contributed by atoms with E-state index in [1.165, 1.54) is 41.3 Å². The Hall–Kier alpha value is -3.50. The maximum atomic E-state index is 14.6. The third kappa shape index (κ3) is 3.57. The van der Waals surface area contributed by atoms with Crippen molar-refractivity contribution < 1.29 is 27.1 Å². The standard InChI is InChI=1S/C21H17F4N5O2/c22-15-3-1-2-14(19(15)30-7-6-27-28-30)20(31)29-11-12-8-16(29)17(9-12)32-18-5-4-13(10-26-18)21(23,24)25/h1-7,10,12,16-17H,8-9,11H2/t12-,16+,17-/m1/s1. The molecule has 2 bridgehead atoms. The molecule has 0 unspecified atom stereocenters. The minimum Gasteiger partial charge on any atom is -0.472 e. The Balaban J connectivity index is 1.37. The Bertz CT molecular complexity index is 1130. The molecule has 0 N–H and O–H groups in total. The van der Waals surface area contributed by atoms with Crippen LogP contribution in [0.15, 0.2) is 48.9 Å². The number of piperidine rings is 1. The summed E-state index contributed by atoms with van der Waals surface area (Å²) in [5, 5.41) is 7.48. The number of carbonyl (C=O) groups is 1. The van der Waals surface area contributed by atoms with Crippen molar-refractivity contribution in [3.8, 4) is 11.6 Å². The van der Waals surface area contributed by atoms with Crippen molar-refractivity contribution in [2.75, 3.05) is 6.54 Å². The first-order chi connectivity index (χ1) is 15.3. The van der Waals surface area contributed by atoms with E-state index in [0.717, 1.165) is 12.3 Å². The molecule has 3 aromatic rings. The molecule has 0 spiro atoms. The zero-order valence-corrected chi connectivity index (χ0v) is 16.5. The number of rotatable bonds is 4. The molecule has 1 amide bonds. The first kappa shape index (κ1) is 20.4. The van der Waals surface area contributed by atoms with Crippen LogP contribution in [0.5, 0.6) is 5.88 Å². The van der Waals surface area contributed by atoms with Crippen LogP contribution in [0, 0.1) is 11.7 Å². The molecular weight excluding hydrogens is 430 g/mol. The second-order valence-electron chi connectivity index (χ2n) is 7.89. The van der Waals surface area contributed by atoms with Gasteiger partial charge in [-0.2, -0.15) is 13.2 Å². The predicted molar refractivity (Wildman–Crippen MR) is 103 cm³/mol. The molecule has 2 aromatic heterocycles. The van der Waals surface area contributed by atoms with Gasteiger partial charge in [0, 0.05) is 18.8 Å². The summed E-state index contributed by atoms with van der Waals surface area (Å²) in [7, 11) is 0. The Morgan fingerprint density at radius 2 is 2.00 bits per heavy atom. The number of pyridine rings is 1. The molecule has 1 aliphatic heterocycles. The number of carbonyl (C=O) groups excluding carboxylic acids is 1. The molecule has 1 saturated carbocycles. The van der Waals surface area contributed by atoms with Crippen molar-refractivity contribution in [1.29, 1.82) is 0 Å². The Labute approximate surface area is 179 Å². The van der Waals surface area contributed by atoms with Gasteiger partial charge in [0.05, 0.1) is 29.6 Å². The number of para-hydroxylation sites is 1. The fourth-order valence-electron chi connectivity index (χ4n) is 4.50. The Morgan fingerprint density at radius 3 is 2.66 bits per heavy atom. The summed E-state index contributed by atoms with van der Waals surface area (Å²) in [6, 6.07) is 6.03. The predicted octanol–water partition coefficient (Wildman–Crippen LogP) is 3.50. The molecule has 7 nitrogen and oxygen atoms in total. The summed E-state index contributed by atoms with van der Waals surface area (Å²) in [5.41, 5.74) is -0.699. The lowest BCUT2D eigenvalue weighted by Gasteiger charge is -2.33. The first-order valence-corrected chi connectivity index (χ1v) is 9.97. The quantitative estimate of drug-likeness (QED) is 0.573. The zero-order valence-electron chi connectivity index (χ0n) is 16.5. The van der Waals surface area contributed by atoms with Crippen molar-refractivity contribution >= 4 is 5.91 Å². The summed E-state index contributed by atoms with van der Waals surface area (Å²) in [4.78, 5) is 18.8. The van der Waals surface area contributed by atoms with Crippen LogP contribution in [-0.2, 0) is 6.18 Å². The van der Waals surface area contributed by atoms with Gasteiger partial charge in [-0.05, 0) is 37.0 Å². The molecule has 1 saturated heterocycles. The molecule has 3 heterocycles. The first-order valence-electron chi connectivity index (χ1n) is 9.97. The van der Waals surface area contributed by atoms with Crippen LogP contribution in [0.25, 0.3) is 5.69 Å². The highest BCUT2D eigenvalue weighted by Gasteiger charge is 2.49. The van der Waals surface area contributed by atoms with Gasteiger partial charge in [-0.3, -0.25) is 4.79 Å². The number of nitrogens with zero attached hydrogens (tertiary/aromatic N) is 5. The van der Waals surface area contributed by atoms with Gasteiger partial charge in [0.25, 0.3) is 5.91 Å². The third-order valence-corrected chi connectivity index (χ3v) is 5.89. The largest absolute Gasteiger partial charge is 0.472 e. The summed E-state index contributed by atoms with van der Waals surface area (Å²) in [6.07, 6.45) is 0.0374. The van der Waals surface area contributed by atoms with E-state index in [9.17, 15) is 22.4 Å². The Kier molecular flexibility index (Phi) is 4.83. The molecule has 5 rings (SSSR count). The highest BCUT2D eigenvalue weighted by molar-refractivity contribution is 5.98.